The molecule has 4 heteroatoms. The van der Waals surface area contributed by atoms with Crippen LogP contribution >= 0.6 is 12.4 Å². The first kappa shape index (κ1) is 11.4. The van der Waals surface area contributed by atoms with E-state index < -0.39 is 0 Å². The van der Waals surface area contributed by atoms with Crippen LogP contribution in [0.1, 0.15) is 17.9 Å². The van der Waals surface area contributed by atoms with Crippen LogP contribution in [-0.2, 0) is 0 Å². The maximum atomic E-state index is 13.0. The number of aromatic amines is 1. The Kier molecular flexibility index (Phi) is 3.17. The van der Waals surface area contributed by atoms with Crippen LogP contribution in [0.2, 0.25) is 0 Å². The van der Waals surface area contributed by atoms with E-state index in [0.717, 1.165) is 24.0 Å². The molecule has 1 atom stereocenters. The molecule has 1 aliphatic rings. The summed E-state index contributed by atoms with van der Waals surface area (Å²) in [7, 11) is 0. The fraction of sp³-hybridized carbons (Fsp3) is 0.333. The molecule has 1 unspecified atom stereocenters. The fourth-order valence-corrected chi connectivity index (χ4v) is 2.38. The lowest BCUT2D eigenvalue weighted by atomic mass is 9.98. The third kappa shape index (κ3) is 1.81. The van der Waals surface area contributed by atoms with E-state index in [-0.39, 0.29) is 18.2 Å². The Bertz CT molecular complexity index is 489. The third-order valence-corrected chi connectivity index (χ3v) is 3.18. The second-order valence-corrected chi connectivity index (χ2v) is 4.12. The molecule has 2 nitrogen and oxygen atoms in total. The molecule has 1 aromatic heterocycles. The molecule has 16 heavy (non-hydrogen) atoms. The molecule has 2 N–H and O–H groups in total. The van der Waals surface area contributed by atoms with E-state index in [1.54, 1.807) is 6.07 Å². The number of H-pyrrole nitrogens is 1. The van der Waals surface area contributed by atoms with Crippen LogP contribution in [0.3, 0.4) is 0 Å². The van der Waals surface area contributed by atoms with Crippen LogP contribution in [0.5, 0.6) is 0 Å². The lowest BCUT2D eigenvalue weighted by molar-refractivity contribution is 0.629. The highest BCUT2D eigenvalue weighted by molar-refractivity contribution is 5.85. The van der Waals surface area contributed by atoms with E-state index in [0.29, 0.717) is 5.92 Å². The van der Waals surface area contributed by atoms with Crippen LogP contribution in [0.15, 0.2) is 24.4 Å². The number of benzene rings is 1. The first-order valence-corrected chi connectivity index (χ1v) is 5.32. The zero-order valence-corrected chi connectivity index (χ0v) is 9.61. The fourth-order valence-electron chi connectivity index (χ4n) is 2.38. The van der Waals surface area contributed by atoms with Crippen LogP contribution in [0.25, 0.3) is 10.9 Å². The highest BCUT2D eigenvalue weighted by Gasteiger charge is 2.19. The van der Waals surface area contributed by atoms with Gasteiger partial charge in [0.25, 0.3) is 0 Å². The molecular formula is C12H14ClFN2. The van der Waals surface area contributed by atoms with E-state index in [4.69, 9.17) is 0 Å². The number of fused-ring (bicyclic) bond motifs is 1. The van der Waals surface area contributed by atoms with Gasteiger partial charge in [-0.25, -0.2) is 4.39 Å². The van der Waals surface area contributed by atoms with E-state index >= 15 is 0 Å². The normalized spacial score (nSPS) is 19.9. The lowest BCUT2D eigenvalue weighted by Gasteiger charge is -2.05. The molecule has 3 rings (SSSR count). The van der Waals surface area contributed by atoms with E-state index in [1.807, 2.05) is 12.3 Å². The quantitative estimate of drug-likeness (QED) is 0.788. The van der Waals surface area contributed by atoms with Gasteiger partial charge in [-0.3, -0.25) is 0 Å². The van der Waals surface area contributed by atoms with Crippen molar-refractivity contribution in [1.29, 1.82) is 0 Å². The van der Waals surface area contributed by atoms with Crippen LogP contribution in [0, 0.1) is 5.82 Å². The van der Waals surface area contributed by atoms with E-state index in [9.17, 15) is 4.39 Å². The predicted molar refractivity (Wildman–Crippen MR) is 65.7 cm³/mol. The molecule has 2 heterocycles. The number of hydrogen-bond acceptors (Lipinski definition) is 1. The first-order valence-electron chi connectivity index (χ1n) is 5.32. The average Bonchev–Trinajstić information content (AvgIpc) is 2.82. The largest absolute Gasteiger partial charge is 0.361 e. The van der Waals surface area contributed by atoms with Gasteiger partial charge in [0.15, 0.2) is 0 Å². The Morgan fingerprint density at radius 3 is 2.94 bits per heavy atom. The number of nitrogens with one attached hydrogen (secondary N) is 2. The minimum absolute atomic E-state index is 0. The lowest BCUT2D eigenvalue weighted by Crippen LogP contribution is -2.07. The summed E-state index contributed by atoms with van der Waals surface area (Å²) in [5, 5.41) is 4.51. The SMILES string of the molecule is Cl.Fc1ccc2c(C3CCNC3)c[nH]c2c1. The van der Waals surface area contributed by atoms with Crippen LogP contribution in [-0.4, -0.2) is 18.1 Å². The molecule has 0 amide bonds. The number of halogens is 2. The molecule has 1 aromatic carbocycles. The summed E-state index contributed by atoms with van der Waals surface area (Å²) >= 11 is 0. The number of hydrogen-bond donors (Lipinski definition) is 2. The molecule has 0 bridgehead atoms. The molecule has 1 saturated heterocycles. The van der Waals surface area contributed by atoms with Gasteiger partial charge in [-0.05, 0) is 42.6 Å². The molecule has 0 aliphatic carbocycles. The topological polar surface area (TPSA) is 27.8 Å². The van der Waals surface area contributed by atoms with Crippen molar-refractivity contribution in [2.45, 2.75) is 12.3 Å². The minimum atomic E-state index is -0.180. The number of rotatable bonds is 1. The van der Waals surface area contributed by atoms with Gasteiger partial charge < -0.3 is 10.3 Å². The van der Waals surface area contributed by atoms with Gasteiger partial charge >= 0.3 is 0 Å². The Labute approximate surface area is 99.6 Å². The van der Waals surface area contributed by atoms with Gasteiger partial charge in [0, 0.05) is 23.6 Å². The van der Waals surface area contributed by atoms with E-state index in [1.165, 1.54) is 18.1 Å². The van der Waals surface area contributed by atoms with Crippen molar-refractivity contribution in [3.05, 3.63) is 35.8 Å². The van der Waals surface area contributed by atoms with Gasteiger partial charge in [-0.1, -0.05) is 0 Å². The molecule has 0 radical (unpaired) electrons. The number of aromatic nitrogens is 1. The monoisotopic (exact) mass is 240 g/mol. The van der Waals surface area contributed by atoms with Crippen molar-refractivity contribution < 1.29 is 4.39 Å². The van der Waals surface area contributed by atoms with Crippen molar-refractivity contribution in [2.75, 3.05) is 13.1 Å². The highest BCUT2D eigenvalue weighted by Crippen LogP contribution is 2.29. The maximum absolute atomic E-state index is 13.0. The summed E-state index contributed by atoms with van der Waals surface area (Å²) in [6, 6.07) is 4.96. The van der Waals surface area contributed by atoms with Crippen molar-refractivity contribution in [3.8, 4) is 0 Å². The summed E-state index contributed by atoms with van der Waals surface area (Å²) in [4.78, 5) is 3.14. The highest BCUT2D eigenvalue weighted by atomic mass is 35.5. The van der Waals surface area contributed by atoms with E-state index in [2.05, 4.69) is 10.3 Å². The standard InChI is InChI=1S/C12H13FN2.ClH/c13-9-1-2-10-11(7-15-12(10)5-9)8-3-4-14-6-8;/h1-2,5,7-8,14-15H,3-4,6H2;1H. The zero-order valence-electron chi connectivity index (χ0n) is 8.79. The molecule has 0 saturated carbocycles. The first-order chi connectivity index (χ1) is 7.34. The second-order valence-electron chi connectivity index (χ2n) is 4.12. The molecule has 1 fully saturated rings. The summed E-state index contributed by atoms with van der Waals surface area (Å²) in [5.74, 6) is 0.393. The Morgan fingerprint density at radius 1 is 1.31 bits per heavy atom. The van der Waals surface area contributed by atoms with Crippen LogP contribution in [0.4, 0.5) is 4.39 Å². The molecule has 86 valence electrons. The van der Waals surface area contributed by atoms with Gasteiger partial charge in [-0.15, -0.1) is 12.4 Å². The van der Waals surface area contributed by atoms with Crippen molar-refractivity contribution in [3.63, 3.8) is 0 Å². The van der Waals surface area contributed by atoms with Gasteiger partial charge in [0.2, 0.25) is 0 Å². The smallest absolute Gasteiger partial charge is 0.125 e. The average molecular weight is 241 g/mol. The summed E-state index contributed by atoms with van der Waals surface area (Å²) < 4.78 is 13.0. The van der Waals surface area contributed by atoms with Gasteiger partial charge in [0.1, 0.15) is 5.82 Å². The van der Waals surface area contributed by atoms with Crippen molar-refractivity contribution in [2.24, 2.45) is 0 Å². The van der Waals surface area contributed by atoms with Gasteiger partial charge in [0.05, 0.1) is 0 Å². The van der Waals surface area contributed by atoms with Gasteiger partial charge in [-0.2, -0.15) is 0 Å². The van der Waals surface area contributed by atoms with Crippen LogP contribution < -0.4 is 5.32 Å². The molecule has 1 aliphatic heterocycles. The summed E-state index contributed by atoms with van der Waals surface area (Å²) in [6.07, 6.45) is 3.19. The Balaban J connectivity index is 0.000000963. The maximum Gasteiger partial charge on any atom is 0.125 e. The summed E-state index contributed by atoms with van der Waals surface area (Å²) in [6.45, 7) is 2.11. The Hall–Kier alpha value is -1.06. The van der Waals surface area contributed by atoms with Crippen molar-refractivity contribution >= 4 is 23.3 Å². The predicted octanol–water partition coefficient (Wildman–Crippen LogP) is 2.81. The Morgan fingerprint density at radius 2 is 2.19 bits per heavy atom. The third-order valence-electron chi connectivity index (χ3n) is 3.18. The minimum Gasteiger partial charge on any atom is -0.361 e. The molecule has 0 spiro atoms. The molecular weight excluding hydrogens is 227 g/mol. The zero-order chi connectivity index (χ0) is 10.3. The molecule has 2 aromatic rings. The second kappa shape index (κ2) is 4.44. The summed E-state index contributed by atoms with van der Waals surface area (Å²) in [5.41, 5.74) is 2.21. The van der Waals surface area contributed by atoms with Crippen molar-refractivity contribution in [1.82, 2.24) is 10.3 Å².